The van der Waals surface area contributed by atoms with Crippen molar-refractivity contribution in [3.63, 3.8) is 0 Å². The first-order valence-electron chi connectivity index (χ1n) is 8.22. The second-order valence-corrected chi connectivity index (χ2v) is 6.29. The highest BCUT2D eigenvalue weighted by molar-refractivity contribution is 5.85. The van der Waals surface area contributed by atoms with Crippen LogP contribution in [0.1, 0.15) is 37.3 Å². The van der Waals surface area contributed by atoms with E-state index in [4.69, 9.17) is 0 Å². The lowest BCUT2D eigenvalue weighted by atomic mass is 10.0. The molecule has 0 radical (unpaired) electrons. The van der Waals surface area contributed by atoms with Gasteiger partial charge in [0.2, 0.25) is 5.91 Å². The number of halogens is 2. The summed E-state index contributed by atoms with van der Waals surface area (Å²) in [5, 5.41) is 6.47. The largest absolute Gasteiger partial charge is 0.352 e. The summed E-state index contributed by atoms with van der Waals surface area (Å²) in [5.74, 6) is -0.131. The van der Waals surface area contributed by atoms with E-state index in [2.05, 4.69) is 15.5 Å². The Bertz CT molecular complexity index is 522. The standard InChI is InChI=1S/C17H24FN3O.ClH/c18-14-5-3-4-13(10-14)16-11-19-8-9-21(16)12-17(22)20-15-6-1-2-7-15;/h3-5,10,15-16,19H,1-2,6-9,11-12H2,(H,20,22);1H. The Morgan fingerprint density at radius 2 is 2.13 bits per heavy atom. The van der Waals surface area contributed by atoms with Gasteiger partial charge in [-0.05, 0) is 30.5 Å². The minimum absolute atomic E-state index is 0. The van der Waals surface area contributed by atoms with Crippen LogP contribution in [0.2, 0.25) is 0 Å². The van der Waals surface area contributed by atoms with Crippen LogP contribution in [0, 0.1) is 5.82 Å². The molecule has 128 valence electrons. The molecule has 1 heterocycles. The zero-order valence-corrected chi connectivity index (χ0v) is 14.1. The zero-order valence-electron chi connectivity index (χ0n) is 13.3. The number of piperazine rings is 1. The van der Waals surface area contributed by atoms with Crippen molar-refractivity contribution in [2.75, 3.05) is 26.2 Å². The summed E-state index contributed by atoms with van der Waals surface area (Å²) in [7, 11) is 0. The Hall–Kier alpha value is -1.17. The maximum Gasteiger partial charge on any atom is 0.234 e. The molecule has 1 aliphatic heterocycles. The number of amides is 1. The molecule has 4 nitrogen and oxygen atoms in total. The molecule has 6 heteroatoms. The molecular weight excluding hydrogens is 317 g/mol. The molecule has 0 aromatic heterocycles. The first-order chi connectivity index (χ1) is 10.7. The lowest BCUT2D eigenvalue weighted by molar-refractivity contribution is -0.123. The van der Waals surface area contributed by atoms with Crippen molar-refractivity contribution < 1.29 is 9.18 Å². The van der Waals surface area contributed by atoms with Gasteiger partial charge in [0.1, 0.15) is 5.82 Å². The summed E-state index contributed by atoms with van der Waals surface area (Å²) in [4.78, 5) is 14.4. The van der Waals surface area contributed by atoms with Gasteiger partial charge in [-0.3, -0.25) is 9.69 Å². The summed E-state index contributed by atoms with van der Waals surface area (Å²) in [5.41, 5.74) is 0.931. The molecule has 1 aliphatic carbocycles. The average molecular weight is 342 g/mol. The van der Waals surface area contributed by atoms with Gasteiger partial charge < -0.3 is 10.6 Å². The van der Waals surface area contributed by atoms with E-state index in [0.717, 1.165) is 38.0 Å². The van der Waals surface area contributed by atoms with E-state index in [1.165, 1.54) is 18.9 Å². The number of nitrogens with one attached hydrogen (secondary N) is 2. The highest BCUT2D eigenvalue weighted by Crippen LogP contribution is 2.23. The Morgan fingerprint density at radius 3 is 2.87 bits per heavy atom. The van der Waals surface area contributed by atoms with E-state index < -0.39 is 0 Å². The number of hydrogen-bond acceptors (Lipinski definition) is 3. The van der Waals surface area contributed by atoms with Gasteiger partial charge >= 0.3 is 0 Å². The van der Waals surface area contributed by atoms with Gasteiger partial charge in [-0.1, -0.05) is 25.0 Å². The lowest BCUT2D eigenvalue weighted by Gasteiger charge is -2.36. The Kier molecular flexibility index (Phi) is 6.81. The van der Waals surface area contributed by atoms with Gasteiger partial charge in [0.25, 0.3) is 0 Å². The molecule has 0 bridgehead atoms. The highest BCUT2D eigenvalue weighted by atomic mass is 35.5. The van der Waals surface area contributed by atoms with Crippen molar-refractivity contribution in [3.05, 3.63) is 35.6 Å². The highest BCUT2D eigenvalue weighted by Gasteiger charge is 2.26. The fraction of sp³-hybridized carbons (Fsp3) is 0.588. The third-order valence-electron chi connectivity index (χ3n) is 4.65. The van der Waals surface area contributed by atoms with Crippen LogP contribution >= 0.6 is 12.4 Å². The molecular formula is C17H25ClFN3O. The van der Waals surface area contributed by atoms with Gasteiger partial charge in [0.15, 0.2) is 0 Å². The van der Waals surface area contributed by atoms with Crippen LogP contribution in [-0.4, -0.2) is 43.0 Å². The molecule has 1 amide bonds. The number of nitrogens with zero attached hydrogens (tertiary/aromatic N) is 1. The molecule has 1 saturated heterocycles. The number of rotatable bonds is 4. The smallest absolute Gasteiger partial charge is 0.234 e. The monoisotopic (exact) mass is 341 g/mol. The fourth-order valence-corrected chi connectivity index (χ4v) is 3.51. The molecule has 2 N–H and O–H groups in total. The average Bonchev–Trinajstić information content (AvgIpc) is 3.00. The van der Waals surface area contributed by atoms with Gasteiger partial charge in [-0.2, -0.15) is 0 Å². The molecule has 1 atom stereocenters. The summed E-state index contributed by atoms with van der Waals surface area (Å²) in [6.45, 7) is 2.81. The van der Waals surface area contributed by atoms with E-state index in [1.807, 2.05) is 6.07 Å². The minimum Gasteiger partial charge on any atom is -0.352 e. The van der Waals surface area contributed by atoms with Gasteiger partial charge in [0, 0.05) is 31.7 Å². The molecule has 1 aromatic rings. The Balaban J connectivity index is 0.00000192. The van der Waals surface area contributed by atoms with E-state index >= 15 is 0 Å². The van der Waals surface area contributed by atoms with E-state index in [9.17, 15) is 9.18 Å². The molecule has 1 aromatic carbocycles. The number of carbonyl (C=O) groups is 1. The SMILES string of the molecule is Cl.O=C(CN1CCNCC1c1cccc(F)c1)NC1CCCC1. The Morgan fingerprint density at radius 1 is 1.35 bits per heavy atom. The van der Waals surface area contributed by atoms with Crippen LogP contribution in [0.25, 0.3) is 0 Å². The maximum atomic E-state index is 13.5. The molecule has 23 heavy (non-hydrogen) atoms. The first-order valence-corrected chi connectivity index (χ1v) is 8.22. The van der Waals surface area contributed by atoms with Crippen LogP contribution < -0.4 is 10.6 Å². The number of hydrogen-bond donors (Lipinski definition) is 2. The maximum absolute atomic E-state index is 13.5. The first kappa shape index (κ1) is 18.2. The molecule has 1 unspecified atom stereocenters. The molecule has 1 saturated carbocycles. The zero-order chi connectivity index (χ0) is 15.4. The van der Waals surface area contributed by atoms with Crippen LogP contribution in [0.5, 0.6) is 0 Å². The fourth-order valence-electron chi connectivity index (χ4n) is 3.51. The van der Waals surface area contributed by atoms with Gasteiger partial charge in [-0.25, -0.2) is 4.39 Å². The van der Waals surface area contributed by atoms with Crippen LogP contribution in [0.15, 0.2) is 24.3 Å². The second kappa shape index (κ2) is 8.62. The predicted octanol–water partition coefficient (Wildman–Crippen LogP) is 2.25. The van der Waals surface area contributed by atoms with Crippen LogP contribution in [0.3, 0.4) is 0 Å². The molecule has 2 aliphatic rings. The lowest BCUT2D eigenvalue weighted by Crippen LogP contribution is -2.50. The van der Waals surface area contributed by atoms with Crippen molar-refractivity contribution >= 4 is 18.3 Å². The molecule has 2 fully saturated rings. The second-order valence-electron chi connectivity index (χ2n) is 6.29. The van der Waals surface area contributed by atoms with Gasteiger partial charge in [-0.15, -0.1) is 12.4 Å². The summed E-state index contributed by atoms with van der Waals surface area (Å²) < 4.78 is 13.5. The summed E-state index contributed by atoms with van der Waals surface area (Å²) in [6, 6.07) is 7.09. The third-order valence-corrected chi connectivity index (χ3v) is 4.65. The van der Waals surface area contributed by atoms with Crippen molar-refractivity contribution in [1.82, 2.24) is 15.5 Å². The van der Waals surface area contributed by atoms with E-state index in [-0.39, 0.29) is 30.2 Å². The quantitative estimate of drug-likeness (QED) is 0.883. The van der Waals surface area contributed by atoms with Crippen LogP contribution in [0.4, 0.5) is 4.39 Å². The number of carbonyl (C=O) groups excluding carboxylic acids is 1. The van der Waals surface area contributed by atoms with Gasteiger partial charge in [0.05, 0.1) is 6.54 Å². The van der Waals surface area contributed by atoms with E-state index in [0.29, 0.717) is 12.6 Å². The Labute approximate surface area is 143 Å². The number of benzene rings is 1. The van der Waals surface area contributed by atoms with Crippen LogP contribution in [-0.2, 0) is 4.79 Å². The van der Waals surface area contributed by atoms with Crippen molar-refractivity contribution in [3.8, 4) is 0 Å². The molecule has 3 rings (SSSR count). The van der Waals surface area contributed by atoms with Crippen molar-refractivity contribution in [2.45, 2.75) is 37.8 Å². The normalized spacial score (nSPS) is 22.6. The third kappa shape index (κ3) is 4.90. The predicted molar refractivity (Wildman–Crippen MR) is 91.2 cm³/mol. The summed E-state index contributed by atoms with van der Waals surface area (Å²) >= 11 is 0. The van der Waals surface area contributed by atoms with Crippen molar-refractivity contribution in [2.24, 2.45) is 0 Å². The molecule has 0 spiro atoms. The minimum atomic E-state index is -0.224. The van der Waals surface area contributed by atoms with E-state index in [1.54, 1.807) is 12.1 Å². The topological polar surface area (TPSA) is 44.4 Å². The van der Waals surface area contributed by atoms with Crippen molar-refractivity contribution in [1.29, 1.82) is 0 Å². The summed E-state index contributed by atoms with van der Waals surface area (Å²) in [6.07, 6.45) is 4.62.